The first-order valence-corrected chi connectivity index (χ1v) is 0.565. The SMILES string of the molecule is B.O=[N+]([O-])O.[K]. The first-order chi connectivity index (χ1) is 1.73. The van der Waals surface area contributed by atoms with Gasteiger partial charge in [0.15, 0.2) is 0 Å². The number of rotatable bonds is 0. The van der Waals surface area contributed by atoms with Crippen LogP contribution in [0.3, 0.4) is 0 Å². The average molecular weight is 116 g/mol. The summed E-state index contributed by atoms with van der Waals surface area (Å²) in [5.41, 5.74) is 0. The molecular weight excluding hydrogens is 112 g/mol. The van der Waals surface area contributed by atoms with Crippen LogP contribution >= 0.6 is 0 Å². The van der Waals surface area contributed by atoms with E-state index in [1.165, 1.54) is 0 Å². The molecule has 0 amide bonds. The fourth-order valence-electron chi connectivity index (χ4n) is 0. The quantitative estimate of drug-likeness (QED) is 0.228. The summed E-state index contributed by atoms with van der Waals surface area (Å²) in [6, 6.07) is 0. The summed E-state index contributed by atoms with van der Waals surface area (Å²) < 4.78 is 0. The summed E-state index contributed by atoms with van der Waals surface area (Å²) in [6.45, 7) is 0. The van der Waals surface area contributed by atoms with E-state index >= 15 is 0 Å². The van der Waals surface area contributed by atoms with Crippen molar-refractivity contribution in [1.82, 2.24) is 0 Å². The van der Waals surface area contributed by atoms with Gasteiger partial charge in [-0.2, -0.15) is 0 Å². The number of hydrogen-bond donors (Lipinski definition) is 1. The summed E-state index contributed by atoms with van der Waals surface area (Å²) in [4.78, 5) is 8.36. The van der Waals surface area contributed by atoms with Gasteiger partial charge in [0.1, 0.15) is 0 Å². The molecule has 0 heterocycles. The Hall–Kier alpha value is 0.901. The van der Waals surface area contributed by atoms with Crippen molar-refractivity contribution in [2.75, 3.05) is 0 Å². The van der Waals surface area contributed by atoms with Crippen LogP contribution < -0.4 is 0 Å². The molecule has 6 heavy (non-hydrogen) atoms. The van der Waals surface area contributed by atoms with Gasteiger partial charge in [-0.3, -0.25) is 0 Å². The minimum Gasteiger partial charge on any atom is -0.328 e. The average Bonchev–Trinajstić information content (AvgIpc) is 0.811. The molecule has 0 aliphatic heterocycles. The molecule has 0 rings (SSSR count). The number of nitrogens with zero attached hydrogens (tertiary/aromatic N) is 1. The van der Waals surface area contributed by atoms with Crippen molar-refractivity contribution in [2.24, 2.45) is 0 Å². The molecule has 0 unspecified atom stereocenters. The van der Waals surface area contributed by atoms with Gasteiger partial charge in [-0.05, 0) is 0 Å². The first kappa shape index (κ1) is 15.8. The Kier molecular flexibility index (Phi) is 24.5. The third-order valence-corrected chi connectivity index (χ3v) is 0. The second-order valence-corrected chi connectivity index (χ2v) is 0.238. The maximum atomic E-state index is 8.36. The van der Waals surface area contributed by atoms with Crippen LogP contribution in [0.2, 0.25) is 0 Å². The van der Waals surface area contributed by atoms with Crippen LogP contribution in [0.5, 0.6) is 0 Å². The van der Waals surface area contributed by atoms with E-state index in [1.54, 1.807) is 0 Å². The molecular formula is H4BKNO3. The maximum Gasteiger partial charge on any atom is 0.291 e. The summed E-state index contributed by atoms with van der Waals surface area (Å²) in [5, 5.41) is 13.6. The van der Waals surface area contributed by atoms with E-state index in [0.29, 0.717) is 0 Å². The van der Waals surface area contributed by atoms with Gasteiger partial charge in [-0.25, -0.2) is 0 Å². The number of hydrogen-bond acceptors (Lipinski definition) is 2. The minimum atomic E-state index is -1.50. The molecule has 0 aliphatic rings. The second-order valence-electron chi connectivity index (χ2n) is 0.238. The predicted molar refractivity (Wildman–Crippen MR) is 24.5 cm³/mol. The third kappa shape index (κ3) is 91.8. The third-order valence-electron chi connectivity index (χ3n) is 0. The van der Waals surface area contributed by atoms with E-state index in [-0.39, 0.29) is 59.8 Å². The molecule has 1 radical (unpaired) electrons. The van der Waals surface area contributed by atoms with Crippen molar-refractivity contribution in [3.63, 3.8) is 0 Å². The largest absolute Gasteiger partial charge is 0.328 e. The topological polar surface area (TPSA) is 63.4 Å². The van der Waals surface area contributed by atoms with Gasteiger partial charge >= 0.3 is 0 Å². The zero-order chi connectivity index (χ0) is 3.58. The molecule has 0 spiro atoms. The van der Waals surface area contributed by atoms with E-state index in [1.807, 2.05) is 0 Å². The fourth-order valence-corrected chi connectivity index (χ4v) is 0. The molecule has 0 aromatic heterocycles. The molecule has 0 saturated carbocycles. The minimum absolute atomic E-state index is 0. The zero-order valence-corrected chi connectivity index (χ0v) is 5.83. The zero-order valence-electron chi connectivity index (χ0n) is 2.71. The van der Waals surface area contributed by atoms with E-state index < -0.39 is 5.09 Å². The van der Waals surface area contributed by atoms with Crippen LogP contribution in [-0.4, -0.2) is 70.1 Å². The van der Waals surface area contributed by atoms with E-state index in [4.69, 9.17) is 15.3 Å². The maximum absolute atomic E-state index is 8.36. The van der Waals surface area contributed by atoms with Gasteiger partial charge in [0.25, 0.3) is 5.09 Å². The van der Waals surface area contributed by atoms with Gasteiger partial charge in [0.2, 0.25) is 0 Å². The molecule has 0 saturated heterocycles. The summed E-state index contributed by atoms with van der Waals surface area (Å²) in [5.74, 6) is 0. The first-order valence-electron chi connectivity index (χ1n) is 0.565. The summed E-state index contributed by atoms with van der Waals surface area (Å²) in [6.07, 6.45) is 0. The molecule has 6 heteroatoms. The standard InChI is InChI=1S/BH3.K.HNO3/c;;2-1(3)4/h1H3;;(H,2,3,4). The molecule has 31 valence electrons. The Morgan fingerprint density at radius 3 is 1.67 bits per heavy atom. The van der Waals surface area contributed by atoms with E-state index in [9.17, 15) is 0 Å². The van der Waals surface area contributed by atoms with E-state index in [0.717, 1.165) is 0 Å². The van der Waals surface area contributed by atoms with Crippen molar-refractivity contribution < 1.29 is 10.3 Å². The Morgan fingerprint density at radius 2 is 1.67 bits per heavy atom. The molecule has 4 nitrogen and oxygen atoms in total. The van der Waals surface area contributed by atoms with Crippen LogP contribution in [0.4, 0.5) is 0 Å². The Morgan fingerprint density at radius 1 is 1.67 bits per heavy atom. The Bertz CT molecular complexity index is 33.8. The van der Waals surface area contributed by atoms with Crippen molar-refractivity contribution in [2.45, 2.75) is 0 Å². The van der Waals surface area contributed by atoms with Gasteiger partial charge < -0.3 is 5.21 Å². The molecule has 0 aromatic carbocycles. The van der Waals surface area contributed by atoms with Crippen molar-refractivity contribution in [3.05, 3.63) is 10.1 Å². The van der Waals surface area contributed by atoms with Crippen LogP contribution in [0.1, 0.15) is 0 Å². The van der Waals surface area contributed by atoms with Crippen molar-refractivity contribution >= 4 is 59.8 Å². The molecule has 0 bridgehead atoms. The summed E-state index contributed by atoms with van der Waals surface area (Å²) >= 11 is 0. The van der Waals surface area contributed by atoms with Crippen molar-refractivity contribution in [1.29, 1.82) is 0 Å². The van der Waals surface area contributed by atoms with Gasteiger partial charge in [-0.1, -0.05) is 0 Å². The second kappa shape index (κ2) is 9.31. The molecule has 0 aliphatic carbocycles. The predicted octanol–water partition coefficient (Wildman–Crippen LogP) is -1.91. The monoisotopic (exact) mass is 116 g/mol. The van der Waals surface area contributed by atoms with Gasteiger partial charge in [-0.15, -0.1) is 10.1 Å². The summed E-state index contributed by atoms with van der Waals surface area (Å²) in [7, 11) is 0. The van der Waals surface area contributed by atoms with Crippen LogP contribution in [-0.2, 0) is 0 Å². The normalized spacial score (nSPS) is 4.00. The van der Waals surface area contributed by atoms with E-state index in [2.05, 4.69) is 0 Å². The molecule has 0 atom stereocenters. The Labute approximate surface area is 79.0 Å². The van der Waals surface area contributed by atoms with Crippen LogP contribution in [0, 0.1) is 10.1 Å². The van der Waals surface area contributed by atoms with Crippen molar-refractivity contribution in [3.8, 4) is 0 Å². The van der Waals surface area contributed by atoms with Crippen LogP contribution in [0.15, 0.2) is 0 Å². The fraction of sp³-hybridized carbons (Fsp3) is 0. The Balaban J connectivity index is -0.0000000450. The molecule has 1 N–H and O–H groups in total. The molecule has 0 fully saturated rings. The van der Waals surface area contributed by atoms with Gasteiger partial charge in [0, 0.05) is 51.4 Å². The molecule has 0 aromatic rings. The van der Waals surface area contributed by atoms with Gasteiger partial charge in [0.05, 0.1) is 8.41 Å². The smallest absolute Gasteiger partial charge is 0.291 e. The van der Waals surface area contributed by atoms with Crippen LogP contribution in [0.25, 0.3) is 0 Å².